The van der Waals surface area contributed by atoms with Crippen molar-refractivity contribution >= 4 is 0 Å². The summed E-state index contributed by atoms with van der Waals surface area (Å²) in [4.78, 5) is 0. The minimum Gasteiger partial charge on any atom is -0.496 e. The van der Waals surface area contributed by atoms with Crippen molar-refractivity contribution in [1.29, 1.82) is 0 Å². The summed E-state index contributed by atoms with van der Waals surface area (Å²) in [6.07, 6.45) is -3.42. The molecule has 2 atom stereocenters. The van der Waals surface area contributed by atoms with Crippen molar-refractivity contribution in [1.82, 2.24) is 0 Å². The molecule has 0 aromatic heterocycles. The molecule has 5 heteroatoms. The second-order valence-corrected chi connectivity index (χ2v) is 4.30. The van der Waals surface area contributed by atoms with Crippen LogP contribution in [0.15, 0.2) is 18.2 Å². The number of benzene rings is 1. The van der Waals surface area contributed by atoms with Crippen molar-refractivity contribution in [2.45, 2.75) is 18.5 Å². The van der Waals surface area contributed by atoms with Gasteiger partial charge in [0.15, 0.2) is 0 Å². The lowest BCUT2D eigenvalue weighted by molar-refractivity contribution is -0.138. The van der Waals surface area contributed by atoms with Crippen LogP contribution >= 0.6 is 0 Å². The standard InChI is InChI=1S/C12H14F3NO/c1-17-11-5-7(9-4-8(9)6-16)2-3-10(11)12(13,14)15/h2-3,5,8-9H,4,6,16H2,1H3/t8-,9-/m0/s1. The molecule has 0 radical (unpaired) electrons. The number of nitrogens with two attached hydrogens (primary N) is 1. The third-order valence-electron chi connectivity index (χ3n) is 3.18. The van der Waals surface area contributed by atoms with Crippen LogP contribution in [0, 0.1) is 5.92 Å². The van der Waals surface area contributed by atoms with Crippen LogP contribution in [0.3, 0.4) is 0 Å². The Morgan fingerprint density at radius 1 is 1.41 bits per heavy atom. The van der Waals surface area contributed by atoms with E-state index in [0.717, 1.165) is 18.1 Å². The molecule has 94 valence electrons. The van der Waals surface area contributed by atoms with Gasteiger partial charge in [0, 0.05) is 0 Å². The lowest BCUT2D eigenvalue weighted by Crippen LogP contribution is -2.08. The maximum Gasteiger partial charge on any atom is 0.419 e. The number of rotatable bonds is 3. The van der Waals surface area contributed by atoms with Gasteiger partial charge in [-0.3, -0.25) is 0 Å². The molecule has 0 spiro atoms. The van der Waals surface area contributed by atoms with Gasteiger partial charge in [0.1, 0.15) is 5.75 Å². The molecule has 17 heavy (non-hydrogen) atoms. The summed E-state index contributed by atoms with van der Waals surface area (Å²) in [5, 5.41) is 0. The van der Waals surface area contributed by atoms with Gasteiger partial charge in [0.25, 0.3) is 0 Å². The summed E-state index contributed by atoms with van der Waals surface area (Å²) in [6, 6.07) is 4.08. The molecule has 0 aliphatic heterocycles. The lowest BCUT2D eigenvalue weighted by atomic mass is 10.1. The van der Waals surface area contributed by atoms with Crippen LogP contribution in [0.25, 0.3) is 0 Å². The Morgan fingerprint density at radius 3 is 2.59 bits per heavy atom. The van der Waals surface area contributed by atoms with E-state index in [0.29, 0.717) is 12.5 Å². The summed E-state index contributed by atoms with van der Waals surface area (Å²) in [7, 11) is 1.25. The molecule has 1 aromatic rings. The summed E-state index contributed by atoms with van der Waals surface area (Å²) in [5.74, 6) is 0.574. The van der Waals surface area contributed by atoms with Gasteiger partial charge >= 0.3 is 6.18 Å². The summed E-state index contributed by atoms with van der Waals surface area (Å²) < 4.78 is 42.7. The van der Waals surface area contributed by atoms with E-state index in [1.54, 1.807) is 0 Å². The van der Waals surface area contributed by atoms with Gasteiger partial charge in [-0.2, -0.15) is 13.2 Å². The summed E-state index contributed by atoms with van der Waals surface area (Å²) in [6.45, 7) is 0.577. The van der Waals surface area contributed by atoms with Crippen molar-refractivity contribution in [3.63, 3.8) is 0 Å². The fourth-order valence-electron chi connectivity index (χ4n) is 2.09. The van der Waals surface area contributed by atoms with Crippen molar-refractivity contribution in [2.75, 3.05) is 13.7 Å². The number of methoxy groups -OCH3 is 1. The van der Waals surface area contributed by atoms with Gasteiger partial charge in [-0.05, 0) is 42.5 Å². The van der Waals surface area contributed by atoms with Gasteiger partial charge < -0.3 is 10.5 Å². The van der Waals surface area contributed by atoms with Crippen molar-refractivity contribution in [2.24, 2.45) is 11.7 Å². The molecule has 2 N–H and O–H groups in total. The normalized spacial score (nSPS) is 23.6. The summed E-state index contributed by atoms with van der Waals surface area (Å²) in [5.41, 5.74) is 5.67. The van der Waals surface area contributed by atoms with E-state index in [-0.39, 0.29) is 11.7 Å². The lowest BCUT2D eigenvalue weighted by Gasteiger charge is -2.13. The van der Waals surface area contributed by atoms with Crippen LogP contribution < -0.4 is 10.5 Å². The molecule has 2 rings (SSSR count). The van der Waals surface area contributed by atoms with Gasteiger partial charge in [-0.1, -0.05) is 6.07 Å². The maximum absolute atomic E-state index is 12.6. The van der Waals surface area contributed by atoms with Crippen LogP contribution in [0.1, 0.15) is 23.5 Å². The molecule has 1 fully saturated rings. The Morgan fingerprint density at radius 2 is 2.12 bits per heavy atom. The first-order chi connectivity index (χ1) is 7.97. The Labute approximate surface area is 97.6 Å². The van der Waals surface area contributed by atoms with E-state index in [4.69, 9.17) is 10.5 Å². The molecule has 0 amide bonds. The van der Waals surface area contributed by atoms with Crippen molar-refractivity contribution < 1.29 is 17.9 Å². The third-order valence-corrected chi connectivity index (χ3v) is 3.18. The fraction of sp³-hybridized carbons (Fsp3) is 0.500. The van der Waals surface area contributed by atoms with Crippen molar-refractivity contribution in [3.05, 3.63) is 29.3 Å². The molecule has 0 saturated heterocycles. The molecule has 1 aliphatic rings. The first-order valence-electron chi connectivity index (χ1n) is 5.42. The van der Waals surface area contributed by atoms with Gasteiger partial charge in [-0.25, -0.2) is 0 Å². The van der Waals surface area contributed by atoms with Crippen LogP contribution in [0.5, 0.6) is 5.75 Å². The Hall–Kier alpha value is -1.23. The van der Waals surface area contributed by atoms with E-state index in [1.807, 2.05) is 0 Å². The first kappa shape index (κ1) is 12.2. The van der Waals surface area contributed by atoms with Crippen LogP contribution in [0.2, 0.25) is 0 Å². The molecular weight excluding hydrogens is 231 g/mol. The van der Waals surface area contributed by atoms with Crippen LogP contribution in [-0.2, 0) is 6.18 Å². The number of halogens is 3. The molecular formula is C12H14F3NO. The van der Waals surface area contributed by atoms with E-state index < -0.39 is 11.7 Å². The Balaban J connectivity index is 2.29. The number of ether oxygens (including phenoxy) is 1. The second-order valence-electron chi connectivity index (χ2n) is 4.30. The zero-order chi connectivity index (χ0) is 12.6. The Kier molecular flexibility index (Phi) is 3.03. The van der Waals surface area contributed by atoms with E-state index in [2.05, 4.69) is 0 Å². The van der Waals surface area contributed by atoms with E-state index >= 15 is 0 Å². The highest BCUT2D eigenvalue weighted by Gasteiger charge is 2.39. The quantitative estimate of drug-likeness (QED) is 0.888. The molecule has 1 aromatic carbocycles. The molecule has 2 nitrogen and oxygen atoms in total. The first-order valence-corrected chi connectivity index (χ1v) is 5.42. The monoisotopic (exact) mass is 245 g/mol. The van der Waals surface area contributed by atoms with Gasteiger partial charge in [-0.15, -0.1) is 0 Å². The summed E-state index contributed by atoms with van der Waals surface area (Å²) >= 11 is 0. The highest BCUT2D eigenvalue weighted by molar-refractivity contribution is 5.42. The van der Waals surface area contributed by atoms with Gasteiger partial charge in [0.2, 0.25) is 0 Å². The minimum atomic E-state index is -4.37. The fourth-order valence-corrected chi connectivity index (χ4v) is 2.09. The molecule has 0 bridgehead atoms. The topological polar surface area (TPSA) is 35.2 Å². The molecule has 1 saturated carbocycles. The smallest absolute Gasteiger partial charge is 0.419 e. The maximum atomic E-state index is 12.6. The van der Waals surface area contributed by atoms with Crippen LogP contribution in [0.4, 0.5) is 13.2 Å². The predicted molar refractivity (Wildman–Crippen MR) is 57.9 cm³/mol. The van der Waals surface area contributed by atoms with Crippen molar-refractivity contribution in [3.8, 4) is 5.75 Å². The van der Waals surface area contributed by atoms with E-state index in [1.165, 1.54) is 19.2 Å². The highest BCUT2D eigenvalue weighted by Crippen LogP contribution is 2.48. The largest absolute Gasteiger partial charge is 0.496 e. The molecule has 0 heterocycles. The zero-order valence-corrected chi connectivity index (χ0v) is 9.42. The second kappa shape index (κ2) is 4.22. The molecule has 1 aliphatic carbocycles. The number of hydrogen-bond donors (Lipinski definition) is 1. The zero-order valence-electron chi connectivity index (χ0n) is 9.42. The minimum absolute atomic E-state index is 0.113. The number of alkyl halides is 3. The molecule has 0 unspecified atom stereocenters. The average Bonchev–Trinajstić information content (AvgIpc) is 3.06. The average molecular weight is 245 g/mol. The number of hydrogen-bond acceptors (Lipinski definition) is 2. The third kappa shape index (κ3) is 2.39. The predicted octanol–water partition coefficient (Wildman–Crippen LogP) is 2.78. The van der Waals surface area contributed by atoms with E-state index in [9.17, 15) is 13.2 Å². The SMILES string of the molecule is COc1cc([C@@H]2C[C@H]2CN)ccc1C(F)(F)F. The van der Waals surface area contributed by atoms with Crippen LogP contribution in [-0.4, -0.2) is 13.7 Å². The highest BCUT2D eigenvalue weighted by atomic mass is 19.4. The Bertz CT molecular complexity index is 417. The van der Waals surface area contributed by atoms with Gasteiger partial charge in [0.05, 0.1) is 12.7 Å².